The highest BCUT2D eigenvalue weighted by atomic mass is 19.4. The summed E-state index contributed by atoms with van der Waals surface area (Å²) < 4.78 is 89.3. The van der Waals surface area contributed by atoms with Gasteiger partial charge in [-0.15, -0.1) is 0 Å². The molecule has 0 amide bonds. The van der Waals surface area contributed by atoms with Crippen LogP contribution in [0.3, 0.4) is 0 Å². The van der Waals surface area contributed by atoms with E-state index in [1.807, 2.05) is 72.8 Å². The third kappa shape index (κ3) is 4.04. The summed E-state index contributed by atoms with van der Waals surface area (Å²) in [4.78, 5) is 0. The fourth-order valence-electron chi connectivity index (χ4n) is 6.21. The van der Waals surface area contributed by atoms with Crippen LogP contribution in [0.15, 0.2) is 97.1 Å². The number of halogens is 6. The van der Waals surface area contributed by atoms with Crippen molar-refractivity contribution >= 4 is 23.5 Å². The van der Waals surface area contributed by atoms with Crippen LogP contribution >= 0.6 is 0 Å². The van der Waals surface area contributed by atoms with E-state index in [-0.39, 0.29) is 23.2 Å². The Morgan fingerprint density at radius 3 is 1.24 bits per heavy atom. The topological polar surface area (TPSA) is 52.0 Å². The first-order chi connectivity index (χ1) is 19.4. The Kier molecular flexibility index (Phi) is 6.06. The van der Waals surface area contributed by atoms with Gasteiger partial charge in [-0.05, 0) is 56.6 Å². The Morgan fingerprint density at radius 2 is 0.878 bits per heavy atom. The van der Waals surface area contributed by atoms with E-state index >= 15 is 0 Å². The minimum Gasteiger partial charge on any atom is -0.398 e. The van der Waals surface area contributed by atoms with Gasteiger partial charge in [0.2, 0.25) is 5.41 Å². The fourth-order valence-corrected chi connectivity index (χ4v) is 6.21. The molecule has 0 heterocycles. The Labute approximate surface area is 232 Å². The Balaban J connectivity index is 1.48. The predicted octanol–water partition coefficient (Wildman–Crippen LogP) is 8.58. The summed E-state index contributed by atoms with van der Waals surface area (Å²) in [6.07, 6.45) is -4.16. The fraction of sp³-hybridized carbons (Fsp3) is 0.152. The van der Waals surface area contributed by atoms with E-state index in [4.69, 9.17) is 11.5 Å². The predicted molar refractivity (Wildman–Crippen MR) is 149 cm³/mol. The first-order valence-electron chi connectivity index (χ1n) is 12.9. The largest absolute Gasteiger partial charge is 0.411 e. The van der Waals surface area contributed by atoms with Crippen molar-refractivity contribution in [3.63, 3.8) is 0 Å². The molecule has 4 aromatic rings. The van der Waals surface area contributed by atoms with Crippen LogP contribution in [-0.4, -0.2) is 12.4 Å². The van der Waals surface area contributed by atoms with Crippen molar-refractivity contribution in [3.8, 4) is 0 Å². The summed E-state index contributed by atoms with van der Waals surface area (Å²) in [7, 11) is 0. The van der Waals surface area contributed by atoms with Gasteiger partial charge in [-0.1, -0.05) is 97.1 Å². The summed E-state index contributed by atoms with van der Waals surface area (Å²) in [5, 5.41) is 0. The SMILES string of the molecule is Nc1cc(C(c2ccc(C3C=Cc4ccccc43)c(N)c2)(C(F)(F)F)C(F)(F)F)ccc1C1C=Cc2ccccc21. The minimum atomic E-state index is -5.76. The molecule has 8 heteroatoms. The van der Waals surface area contributed by atoms with Gasteiger partial charge in [0, 0.05) is 23.2 Å². The monoisotopic (exact) mass is 562 g/mol. The summed E-state index contributed by atoms with van der Waals surface area (Å²) in [6, 6.07) is 20.6. The lowest BCUT2D eigenvalue weighted by atomic mass is 9.71. The van der Waals surface area contributed by atoms with E-state index in [1.54, 1.807) is 0 Å². The molecule has 2 atom stereocenters. The molecule has 6 rings (SSSR count). The number of rotatable bonds is 4. The van der Waals surface area contributed by atoms with Crippen LogP contribution < -0.4 is 11.5 Å². The molecule has 0 bridgehead atoms. The summed E-state index contributed by atoms with van der Waals surface area (Å²) in [6.45, 7) is 0. The van der Waals surface area contributed by atoms with E-state index in [0.717, 1.165) is 46.5 Å². The molecule has 0 aromatic heterocycles. The molecule has 2 aliphatic rings. The van der Waals surface area contributed by atoms with Crippen molar-refractivity contribution in [1.29, 1.82) is 0 Å². The Bertz CT molecular complexity index is 1590. The number of hydrogen-bond donors (Lipinski definition) is 2. The van der Waals surface area contributed by atoms with Gasteiger partial charge in [0.1, 0.15) is 0 Å². The molecule has 0 saturated heterocycles. The second-order valence-corrected chi connectivity index (χ2v) is 10.4. The summed E-state index contributed by atoms with van der Waals surface area (Å²) in [5.41, 5.74) is 10.1. The molecule has 4 N–H and O–H groups in total. The van der Waals surface area contributed by atoms with Crippen LogP contribution in [0.2, 0.25) is 0 Å². The first-order valence-corrected chi connectivity index (χ1v) is 12.9. The zero-order valence-electron chi connectivity index (χ0n) is 21.5. The van der Waals surface area contributed by atoms with Crippen LogP contribution in [0.4, 0.5) is 37.7 Å². The van der Waals surface area contributed by atoms with Crippen LogP contribution in [0.1, 0.15) is 56.3 Å². The zero-order chi connectivity index (χ0) is 29.2. The average molecular weight is 563 g/mol. The Morgan fingerprint density at radius 1 is 0.488 bits per heavy atom. The highest BCUT2D eigenvalue weighted by Crippen LogP contribution is 2.57. The molecule has 2 aliphatic carbocycles. The number of allylic oxidation sites excluding steroid dienone is 2. The maximum absolute atomic E-state index is 14.9. The summed E-state index contributed by atoms with van der Waals surface area (Å²) >= 11 is 0. The van der Waals surface area contributed by atoms with Gasteiger partial charge in [0.05, 0.1) is 0 Å². The smallest absolute Gasteiger partial charge is 0.398 e. The van der Waals surface area contributed by atoms with E-state index < -0.39 is 28.9 Å². The van der Waals surface area contributed by atoms with Crippen molar-refractivity contribution in [3.05, 3.63) is 142 Å². The lowest BCUT2D eigenvalue weighted by Gasteiger charge is -2.39. The minimum absolute atomic E-state index is 0.163. The zero-order valence-corrected chi connectivity index (χ0v) is 21.5. The molecule has 208 valence electrons. The number of anilines is 2. The molecular weight excluding hydrogens is 538 g/mol. The van der Waals surface area contributed by atoms with Crippen LogP contribution in [0.5, 0.6) is 0 Å². The lowest BCUT2D eigenvalue weighted by molar-refractivity contribution is -0.288. The molecule has 4 aromatic carbocycles. The maximum atomic E-state index is 14.9. The number of nitrogen functional groups attached to an aromatic ring is 2. The van der Waals surface area contributed by atoms with Crippen molar-refractivity contribution < 1.29 is 26.3 Å². The van der Waals surface area contributed by atoms with E-state index in [2.05, 4.69) is 0 Å². The van der Waals surface area contributed by atoms with Crippen LogP contribution in [0, 0.1) is 0 Å². The number of fused-ring (bicyclic) bond motifs is 2. The Hall–Kier alpha value is -4.46. The standard InChI is InChI=1S/C33H24F6N2/c34-32(35,36)31(33(37,38)39,21-11-15-27(29(40)17-21)25-13-9-19-5-1-3-7-23(19)25)22-12-16-28(30(41)18-22)26-14-10-20-6-2-4-8-24(20)26/h1-18,25-26H,40-41H2. The van der Waals surface area contributed by atoms with Crippen LogP contribution in [-0.2, 0) is 5.41 Å². The number of nitrogens with two attached hydrogens (primary N) is 2. The quantitative estimate of drug-likeness (QED) is 0.193. The van der Waals surface area contributed by atoms with E-state index in [0.29, 0.717) is 11.1 Å². The summed E-state index contributed by atoms with van der Waals surface area (Å²) in [5.74, 6) is -0.771. The molecular formula is C33H24F6N2. The molecule has 41 heavy (non-hydrogen) atoms. The highest BCUT2D eigenvalue weighted by molar-refractivity contribution is 5.71. The van der Waals surface area contributed by atoms with E-state index in [9.17, 15) is 26.3 Å². The van der Waals surface area contributed by atoms with Gasteiger partial charge >= 0.3 is 12.4 Å². The maximum Gasteiger partial charge on any atom is 0.411 e. The van der Waals surface area contributed by atoms with Gasteiger partial charge in [0.15, 0.2) is 0 Å². The lowest BCUT2D eigenvalue weighted by Crippen LogP contribution is -2.54. The van der Waals surface area contributed by atoms with Crippen molar-refractivity contribution in [2.45, 2.75) is 29.6 Å². The number of benzene rings is 4. The third-order valence-corrected chi connectivity index (χ3v) is 8.16. The van der Waals surface area contributed by atoms with Gasteiger partial charge in [-0.3, -0.25) is 0 Å². The average Bonchev–Trinajstić information content (AvgIpc) is 3.52. The first kappa shape index (κ1) is 26.7. The van der Waals surface area contributed by atoms with Crippen molar-refractivity contribution in [1.82, 2.24) is 0 Å². The number of alkyl halides is 6. The molecule has 2 unspecified atom stereocenters. The second kappa shape index (κ2) is 9.29. The highest BCUT2D eigenvalue weighted by Gasteiger charge is 2.72. The third-order valence-electron chi connectivity index (χ3n) is 8.16. The molecule has 0 fully saturated rings. The van der Waals surface area contributed by atoms with Gasteiger partial charge in [-0.2, -0.15) is 26.3 Å². The van der Waals surface area contributed by atoms with Crippen molar-refractivity contribution in [2.24, 2.45) is 0 Å². The van der Waals surface area contributed by atoms with Gasteiger partial charge < -0.3 is 11.5 Å². The van der Waals surface area contributed by atoms with E-state index in [1.165, 1.54) is 12.1 Å². The second-order valence-electron chi connectivity index (χ2n) is 10.4. The van der Waals surface area contributed by atoms with Crippen molar-refractivity contribution in [2.75, 3.05) is 11.5 Å². The molecule has 0 saturated carbocycles. The van der Waals surface area contributed by atoms with Gasteiger partial charge in [-0.25, -0.2) is 0 Å². The van der Waals surface area contributed by atoms with Crippen LogP contribution in [0.25, 0.3) is 12.2 Å². The number of hydrogen-bond acceptors (Lipinski definition) is 2. The molecule has 0 aliphatic heterocycles. The van der Waals surface area contributed by atoms with Gasteiger partial charge in [0.25, 0.3) is 0 Å². The molecule has 0 spiro atoms. The molecule has 2 nitrogen and oxygen atoms in total. The molecule has 0 radical (unpaired) electrons. The normalized spacial score (nSPS) is 18.0.